The third-order valence-corrected chi connectivity index (χ3v) is 7.19. The Bertz CT molecular complexity index is 453. The number of aliphatic hydroxyl groups excluding tert-OH is 1. The summed E-state index contributed by atoms with van der Waals surface area (Å²) in [5.74, 6) is 1.66. The van der Waals surface area contributed by atoms with Crippen molar-refractivity contribution in [3.05, 3.63) is 0 Å². The Kier molecular flexibility index (Phi) is 4.88. The molecule has 1 N–H and O–H groups in total. The van der Waals surface area contributed by atoms with Gasteiger partial charge in [0.1, 0.15) is 0 Å². The number of aliphatic hydroxyl groups is 1. The first-order valence-corrected chi connectivity index (χ1v) is 10.3. The molecule has 24 heavy (non-hydrogen) atoms. The molecule has 0 unspecified atom stereocenters. The summed E-state index contributed by atoms with van der Waals surface area (Å²) in [6.07, 6.45) is 12.2. The average molecular weight is 335 g/mol. The highest BCUT2D eigenvalue weighted by Gasteiger charge is 2.42. The van der Waals surface area contributed by atoms with Crippen molar-refractivity contribution in [1.29, 1.82) is 0 Å². The van der Waals surface area contributed by atoms with Crippen molar-refractivity contribution in [2.24, 2.45) is 17.3 Å². The van der Waals surface area contributed by atoms with Crippen LogP contribution in [0.15, 0.2) is 0 Å². The van der Waals surface area contributed by atoms with Gasteiger partial charge in [0.2, 0.25) is 5.91 Å². The summed E-state index contributed by atoms with van der Waals surface area (Å²) in [6, 6.07) is 0.626. The van der Waals surface area contributed by atoms with E-state index in [-0.39, 0.29) is 5.41 Å². The minimum atomic E-state index is 0.165. The Labute approximate surface area is 146 Å². The molecule has 0 aromatic heterocycles. The molecule has 4 nitrogen and oxygen atoms in total. The highest BCUT2D eigenvalue weighted by molar-refractivity contribution is 5.79. The number of likely N-dealkylation sites (tertiary alicyclic amines) is 2. The van der Waals surface area contributed by atoms with Gasteiger partial charge in [-0.15, -0.1) is 0 Å². The van der Waals surface area contributed by atoms with Crippen molar-refractivity contribution in [2.45, 2.75) is 70.3 Å². The normalized spacial score (nSPS) is 33.5. The lowest BCUT2D eigenvalue weighted by Gasteiger charge is -2.47. The fourth-order valence-corrected chi connectivity index (χ4v) is 5.22. The Hall–Kier alpha value is -0.610. The Morgan fingerprint density at radius 1 is 1.00 bits per heavy atom. The van der Waals surface area contributed by atoms with Gasteiger partial charge in [-0.1, -0.05) is 19.3 Å². The quantitative estimate of drug-likeness (QED) is 0.840. The molecule has 4 heteroatoms. The van der Waals surface area contributed by atoms with Gasteiger partial charge in [-0.25, -0.2) is 0 Å². The van der Waals surface area contributed by atoms with E-state index in [1.807, 2.05) is 0 Å². The number of rotatable bonds is 5. The predicted octanol–water partition coefficient (Wildman–Crippen LogP) is 2.65. The van der Waals surface area contributed by atoms with E-state index in [1.54, 1.807) is 0 Å². The Morgan fingerprint density at radius 2 is 1.75 bits per heavy atom. The zero-order valence-corrected chi connectivity index (χ0v) is 15.1. The number of nitrogens with zero attached hydrogens (tertiary/aromatic N) is 2. The van der Waals surface area contributed by atoms with Crippen molar-refractivity contribution in [2.75, 3.05) is 32.8 Å². The molecule has 1 atom stereocenters. The number of piperidine rings is 2. The molecule has 136 valence electrons. The van der Waals surface area contributed by atoms with Crippen molar-refractivity contribution < 1.29 is 9.90 Å². The molecule has 2 saturated heterocycles. The van der Waals surface area contributed by atoms with Crippen LogP contribution in [0.4, 0.5) is 0 Å². The fraction of sp³-hybridized carbons (Fsp3) is 0.950. The molecule has 0 radical (unpaired) electrons. The SMILES string of the molecule is O=C(C1CCC1)N1CCC(N2CCC[C@@](CO)(CC3CC3)C2)CC1. The number of carbonyl (C=O) groups excluding carboxylic acids is 1. The van der Waals surface area contributed by atoms with Gasteiger partial charge >= 0.3 is 0 Å². The van der Waals surface area contributed by atoms with Crippen LogP contribution in [0.1, 0.15) is 64.2 Å². The average Bonchev–Trinajstić information content (AvgIpc) is 3.37. The van der Waals surface area contributed by atoms with E-state index in [0.717, 1.165) is 51.2 Å². The maximum Gasteiger partial charge on any atom is 0.225 e. The second-order valence-electron chi connectivity index (χ2n) is 9.06. The molecule has 0 bridgehead atoms. The summed E-state index contributed by atoms with van der Waals surface area (Å²) in [6.45, 7) is 4.53. The second-order valence-corrected chi connectivity index (χ2v) is 9.06. The maximum atomic E-state index is 12.4. The molecule has 2 saturated carbocycles. The number of amides is 1. The minimum absolute atomic E-state index is 0.165. The maximum absolute atomic E-state index is 12.4. The highest BCUT2D eigenvalue weighted by atomic mass is 16.3. The molecule has 2 heterocycles. The zero-order chi connectivity index (χ0) is 16.6. The lowest BCUT2D eigenvalue weighted by molar-refractivity contribution is -0.140. The number of hydrogen-bond acceptors (Lipinski definition) is 3. The first kappa shape index (κ1) is 16.8. The third kappa shape index (κ3) is 3.50. The predicted molar refractivity (Wildman–Crippen MR) is 94.6 cm³/mol. The summed E-state index contributed by atoms with van der Waals surface area (Å²) in [7, 11) is 0. The monoisotopic (exact) mass is 334 g/mol. The first-order valence-electron chi connectivity index (χ1n) is 10.3. The topological polar surface area (TPSA) is 43.8 Å². The smallest absolute Gasteiger partial charge is 0.225 e. The second kappa shape index (κ2) is 6.95. The fourth-order valence-electron chi connectivity index (χ4n) is 5.22. The van der Waals surface area contributed by atoms with Crippen LogP contribution in [0.3, 0.4) is 0 Å². The van der Waals surface area contributed by atoms with E-state index in [2.05, 4.69) is 9.80 Å². The molecule has 4 aliphatic rings. The van der Waals surface area contributed by atoms with Crippen LogP contribution >= 0.6 is 0 Å². The number of hydrogen-bond donors (Lipinski definition) is 1. The number of carbonyl (C=O) groups is 1. The Morgan fingerprint density at radius 3 is 2.33 bits per heavy atom. The van der Waals surface area contributed by atoms with Crippen LogP contribution in [-0.4, -0.2) is 59.6 Å². The molecular formula is C20H34N2O2. The van der Waals surface area contributed by atoms with Crippen molar-refractivity contribution in [3.8, 4) is 0 Å². The van der Waals surface area contributed by atoms with Gasteiger partial charge in [0.25, 0.3) is 0 Å². The van der Waals surface area contributed by atoms with Crippen molar-refractivity contribution in [1.82, 2.24) is 9.80 Å². The summed E-state index contributed by atoms with van der Waals surface area (Å²) in [5.41, 5.74) is 0.165. The van der Waals surface area contributed by atoms with E-state index >= 15 is 0 Å². The van der Waals surface area contributed by atoms with E-state index in [0.29, 0.717) is 24.5 Å². The van der Waals surface area contributed by atoms with Gasteiger partial charge in [0.15, 0.2) is 0 Å². The lowest BCUT2D eigenvalue weighted by atomic mass is 9.75. The van der Waals surface area contributed by atoms with Gasteiger partial charge in [0.05, 0.1) is 0 Å². The van der Waals surface area contributed by atoms with Gasteiger partial charge in [-0.05, 0) is 57.4 Å². The van der Waals surface area contributed by atoms with Crippen molar-refractivity contribution >= 4 is 5.91 Å². The molecular weight excluding hydrogens is 300 g/mol. The summed E-state index contributed by atoms with van der Waals surface area (Å²) in [4.78, 5) is 17.2. The van der Waals surface area contributed by atoms with Gasteiger partial charge in [-0.3, -0.25) is 9.69 Å². The van der Waals surface area contributed by atoms with Crippen LogP contribution < -0.4 is 0 Å². The standard InChI is InChI=1S/C20H34N2O2/c23-15-20(13-16-5-6-16)9-2-10-22(14-20)18-7-11-21(12-8-18)19(24)17-3-1-4-17/h16-18,23H,1-15H2/t20-/m1/s1. The van der Waals surface area contributed by atoms with E-state index < -0.39 is 0 Å². The molecule has 0 aromatic rings. The van der Waals surface area contributed by atoms with Gasteiger partial charge in [0, 0.05) is 43.6 Å². The largest absolute Gasteiger partial charge is 0.396 e. The van der Waals surface area contributed by atoms with Gasteiger partial charge < -0.3 is 10.0 Å². The van der Waals surface area contributed by atoms with Crippen LogP contribution in [-0.2, 0) is 4.79 Å². The molecule has 0 spiro atoms. The molecule has 0 aromatic carbocycles. The summed E-state index contributed by atoms with van der Waals surface area (Å²) in [5, 5.41) is 10.1. The van der Waals surface area contributed by atoms with Crippen LogP contribution in [0, 0.1) is 17.3 Å². The molecule has 2 aliphatic carbocycles. The first-order chi connectivity index (χ1) is 11.7. The molecule has 1 amide bonds. The zero-order valence-electron chi connectivity index (χ0n) is 15.1. The van der Waals surface area contributed by atoms with Gasteiger partial charge in [-0.2, -0.15) is 0 Å². The van der Waals surface area contributed by atoms with Crippen LogP contribution in [0.25, 0.3) is 0 Å². The van der Waals surface area contributed by atoms with E-state index in [1.165, 1.54) is 45.1 Å². The van der Waals surface area contributed by atoms with Crippen molar-refractivity contribution in [3.63, 3.8) is 0 Å². The van der Waals surface area contributed by atoms with Crippen LogP contribution in [0.5, 0.6) is 0 Å². The summed E-state index contributed by atoms with van der Waals surface area (Å²) >= 11 is 0. The van der Waals surface area contributed by atoms with E-state index in [4.69, 9.17) is 0 Å². The summed E-state index contributed by atoms with van der Waals surface area (Å²) < 4.78 is 0. The molecule has 4 fully saturated rings. The molecule has 2 aliphatic heterocycles. The third-order valence-electron chi connectivity index (χ3n) is 7.19. The minimum Gasteiger partial charge on any atom is -0.396 e. The highest BCUT2D eigenvalue weighted by Crippen LogP contribution is 2.45. The molecule has 4 rings (SSSR count). The Balaban J connectivity index is 1.30. The van der Waals surface area contributed by atoms with Crippen LogP contribution in [0.2, 0.25) is 0 Å². The lowest BCUT2D eigenvalue weighted by Crippen LogP contribution is -2.54. The van der Waals surface area contributed by atoms with E-state index in [9.17, 15) is 9.90 Å².